The van der Waals surface area contributed by atoms with E-state index in [0.29, 0.717) is 0 Å². The molecule has 2 rings (SSSR count). The van der Waals surface area contributed by atoms with Crippen LogP contribution in [0.5, 0.6) is 0 Å². The minimum Gasteiger partial charge on any atom is -0.0845 e. The Morgan fingerprint density at radius 2 is 1.69 bits per heavy atom. The fourth-order valence-corrected chi connectivity index (χ4v) is 1.89. The van der Waals surface area contributed by atoms with E-state index in [1.54, 1.807) is 5.57 Å². The smallest absolute Gasteiger partial charge is 0.00916 e. The van der Waals surface area contributed by atoms with E-state index in [1.807, 2.05) is 0 Å². The van der Waals surface area contributed by atoms with Gasteiger partial charge < -0.3 is 0 Å². The van der Waals surface area contributed by atoms with Gasteiger partial charge in [-0.05, 0) is 43.3 Å². The molecule has 0 unspecified atom stereocenters. The SMILES string of the molecule is C1=CCCCCC(C2=CC=CC2)=C1. The van der Waals surface area contributed by atoms with Crippen LogP contribution >= 0.6 is 0 Å². The highest BCUT2D eigenvalue weighted by molar-refractivity contribution is 5.41. The molecule has 0 aliphatic heterocycles. The van der Waals surface area contributed by atoms with Crippen LogP contribution < -0.4 is 0 Å². The Morgan fingerprint density at radius 3 is 2.54 bits per heavy atom. The highest BCUT2D eigenvalue weighted by atomic mass is 14.1. The molecule has 0 aromatic heterocycles. The largest absolute Gasteiger partial charge is 0.0845 e. The van der Waals surface area contributed by atoms with Crippen LogP contribution in [0.15, 0.2) is 47.6 Å². The second kappa shape index (κ2) is 4.27. The van der Waals surface area contributed by atoms with Crippen molar-refractivity contribution in [3.05, 3.63) is 47.6 Å². The lowest BCUT2D eigenvalue weighted by molar-refractivity contribution is 0.739. The van der Waals surface area contributed by atoms with Crippen molar-refractivity contribution in [1.82, 2.24) is 0 Å². The van der Waals surface area contributed by atoms with Crippen LogP contribution in [-0.2, 0) is 0 Å². The fourth-order valence-electron chi connectivity index (χ4n) is 1.89. The quantitative estimate of drug-likeness (QED) is 0.562. The van der Waals surface area contributed by atoms with Gasteiger partial charge in [-0.25, -0.2) is 0 Å². The average Bonchev–Trinajstić information content (AvgIpc) is 2.55. The summed E-state index contributed by atoms with van der Waals surface area (Å²) in [7, 11) is 0. The topological polar surface area (TPSA) is 0 Å². The zero-order valence-electron chi connectivity index (χ0n) is 8.00. The van der Waals surface area contributed by atoms with Crippen molar-refractivity contribution in [2.24, 2.45) is 0 Å². The summed E-state index contributed by atoms with van der Waals surface area (Å²) >= 11 is 0. The van der Waals surface area contributed by atoms with Gasteiger partial charge in [-0.15, -0.1) is 0 Å². The normalized spacial score (nSPS) is 22.2. The summed E-state index contributed by atoms with van der Waals surface area (Å²) in [6.07, 6.45) is 19.8. The third-order valence-electron chi connectivity index (χ3n) is 2.68. The average molecular weight is 172 g/mol. The van der Waals surface area contributed by atoms with E-state index >= 15 is 0 Å². The van der Waals surface area contributed by atoms with E-state index in [1.165, 1.54) is 31.3 Å². The lowest BCUT2D eigenvalue weighted by atomic mass is 9.97. The monoisotopic (exact) mass is 172 g/mol. The van der Waals surface area contributed by atoms with Crippen molar-refractivity contribution in [1.29, 1.82) is 0 Å². The van der Waals surface area contributed by atoms with Crippen LogP contribution in [0.2, 0.25) is 0 Å². The molecule has 0 fully saturated rings. The molecule has 0 atom stereocenters. The zero-order valence-corrected chi connectivity index (χ0v) is 8.00. The van der Waals surface area contributed by atoms with Crippen molar-refractivity contribution in [2.45, 2.75) is 32.1 Å². The van der Waals surface area contributed by atoms with E-state index in [0.717, 1.165) is 6.42 Å². The van der Waals surface area contributed by atoms with Gasteiger partial charge in [0.2, 0.25) is 0 Å². The summed E-state index contributed by atoms with van der Waals surface area (Å²) in [5.74, 6) is 0. The molecule has 2 aliphatic rings. The standard InChI is InChI=1S/C13H16/c1-2-4-8-12(9-5-3-1)13-10-6-7-11-13/h2,4,6-8,10H,1,3,5,9,11H2. The first-order chi connectivity index (χ1) is 6.47. The molecule has 0 aromatic rings. The van der Waals surface area contributed by atoms with Crippen molar-refractivity contribution < 1.29 is 0 Å². The van der Waals surface area contributed by atoms with E-state index in [-0.39, 0.29) is 0 Å². The van der Waals surface area contributed by atoms with Crippen LogP contribution in [0.4, 0.5) is 0 Å². The first-order valence-corrected chi connectivity index (χ1v) is 5.18. The summed E-state index contributed by atoms with van der Waals surface area (Å²) < 4.78 is 0. The van der Waals surface area contributed by atoms with Crippen LogP contribution in [-0.4, -0.2) is 0 Å². The van der Waals surface area contributed by atoms with Crippen molar-refractivity contribution in [3.8, 4) is 0 Å². The Bertz CT molecular complexity index is 287. The molecule has 0 bridgehead atoms. The Balaban J connectivity index is 2.10. The second-order valence-corrected chi connectivity index (χ2v) is 3.69. The molecular weight excluding hydrogens is 156 g/mol. The van der Waals surface area contributed by atoms with Gasteiger partial charge in [-0.1, -0.05) is 36.5 Å². The van der Waals surface area contributed by atoms with Crippen LogP contribution in [0.3, 0.4) is 0 Å². The predicted molar refractivity (Wildman–Crippen MR) is 57.5 cm³/mol. The number of rotatable bonds is 1. The van der Waals surface area contributed by atoms with Gasteiger partial charge in [0.25, 0.3) is 0 Å². The summed E-state index contributed by atoms with van der Waals surface area (Å²) in [6, 6.07) is 0. The lowest BCUT2D eigenvalue weighted by Crippen LogP contribution is -1.90. The first-order valence-electron chi connectivity index (χ1n) is 5.18. The maximum Gasteiger partial charge on any atom is -0.00916 e. The van der Waals surface area contributed by atoms with Crippen LogP contribution in [0.25, 0.3) is 0 Å². The predicted octanol–water partition coefficient (Wildman–Crippen LogP) is 3.93. The molecule has 0 heterocycles. The molecule has 0 radical (unpaired) electrons. The highest BCUT2D eigenvalue weighted by Crippen LogP contribution is 2.25. The second-order valence-electron chi connectivity index (χ2n) is 3.69. The maximum absolute atomic E-state index is 2.29. The maximum atomic E-state index is 2.29. The zero-order chi connectivity index (χ0) is 8.93. The Kier molecular flexibility index (Phi) is 2.81. The minimum absolute atomic E-state index is 1.14. The van der Waals surface area contributed by atoms with Crippen molar-refractivity contribution >= 4 is 0 Å². The van der Waals surface area contributed by atoms with Crippen LogP contribution in [0.1, 0.15) is 32.1 Å². The number of hydrogen-bond donors (Lipinski definition) is 0. The molecular formula is C13H16. The van der Waals surface area contributed by atoms with Gasteiger partial charge in [0.15, 0.2) is 0 Å². The van der Waals surface area contributed by atoms with Crippen molar-refractivity contribution in [3.63, 3.8) is 0 Å². The van der Waals surface area contributed by atoms with E-state index < -0.39 is 0 Å². The van der Waals surface area contributed by atoms with Crippen molar-refractivity contribution in [2.75, 3.05) is 0 Å². The van der Waals surface area contributed by atoms with E-state index in [4.69, 9.17) is 0 Å². The molecule has 0 aromatic carbocycles. The molecule has 0 spiro atoms. The van der Waals surface area contributed by atoms with Gasteiger partial charge in [0, 0.05) is 0 Å². The van der Waals surface area contributed by atoms with E-state index in [9.17, 15) is 0 Å². The number of allylic oxidation sites excluding steroid dienone is 8. The molecule has 2 aliphatic carbocycles. The van der Waals surface area contributed by atoms with Crippen LogP contribution in [0, 0.1) is 0 Å². The Morgan fingerprint density at radius 1 is 0.846 bits per heavy atom. The van der Waals surface area contributed by atoms with Gasteiger partial charge >= 0.3 is 0 Å². The highest BCUT2D eigenvalue weighted by Gasteiger charge is 2.06. The molecule has 0 N–H and O–H groups in total. The molecule has 0 saturated carbocycles. The molecule has 0 amide bonds. The van der Waals surface area contributed by atoms with Gasteiger partial charge in [0.05, 0.1) is 0 Å². The molecule has 0 saturated heterocycles. The molecule has 0 heteroatoms. The molecule has 13 heavy (non-hydrogen) atoms. The fraction of sp³-hybridized carbons (Fsp3) is 0.385. The third kappa shape index (κ3) is 2.21. The van der Waals surface area contributed by atoms with Gasteiger partial charge in [-0.3, -0.25) is 0 Å². The summed E-state index contributed by atoms with van der Waals surface area (Å²) in [4.78, 5) is 0. The van der Waals surface area contributed by atoms with Gasteiger partial charge in [-0.2, -0.15) is 0 Å². The number of hydrogen-bond acceptors (Lipinski definition) is 0. The Hall–Kier alpha value is -1.04. The van der Waals surface area contributed by atoms with Gasteiger partial charge in [0.1, 0.15) is 0 Å². The third-order valence-corrected chi connectivity index (χ3v) is 2.68. The molecule has 68 valence electrons. The summed E-state index contributed by atoms with van der Waals surface area (Å²) in [5.41, 5.74) is 3.06. The first kappa shape index (κ1) is 8.55. The minimum atomic E-state index is 1.14. The van der Waals surface area contributed by atoms with E-state index in [2.05, 4.69) is 36.5 Å². The molecule has 0 nitrogen and oxygen atoms in total. The summed E-state index contributed by atoms with van der Waals surface area (Å²) in [5, 5.41) is 0. The summed E-state index contributed by atoms with van der Waals surface area (Å²) in [6.45, 7) is 0. The Labute approximate surface area is 80.3 Å². The lowest BCUT2D eigenvalue weighted by Gasteiger charge is -2.09.